The minimum absolute atomic E-state index is 0.530. The highest BCUT2D eigenvalue weighted by Gasteiger charge is 2.28. The predicted octanol–water partition coefficient (Wildman–Crippen LogP) is 3.87. The van der Waals surface area contributed by atoms with Crippen LogP contribution in [0.5, 0.6) is 0 Å². The number of hydrogen-bond donors (Lipinski definition) is 0. The number of anilines is 1. The van der Waals surface area contributed by atoms with E-state index in [1.807, 2.05) is 18.1 Å². The average molecular weight is 402 g/mol. The molecule has 0 aromatic carbocycles. The minimum atomic E-state index is 0.530. The van der Waals surface area contributed by atoms with Crippen LogP contribution in [-0.2, 0) is 17.6 Å². The van der Waals surface area contributed by atoms with Gasteiger partial charge in [-0.1, -0.05) is 25.6 Å². The Morgan fingerprint density at radius 1 is 1.19 bits per heavy atom. The van der Waals surface area contributed by atoms with Gasteiger partial charge in [0.05, 0.1) is 18.6 Å². The van der Waals surface area contributed by atoms with Gasteiger partial charge in [-0.2, -0.15) is 0 Å². The number of nitrogens with one attached hydrogen (secondary N) is 1. The first kappa shape index (κ1) is 17.6. The van der Waals surface area contributed by atoms with Crippen LogP contribution in [0.3, 0.4) is 0 Å². The van der Waals surface area contributed by atoms with Gasteiger partial charge >= 0.3 is 0 Å². The molecule has 0 atom stereocenters. The molecule has 0 amide bonds. The molecule has 0 bridgehead atoms. The first-order valence-electron chi connectivity index (χ1n) is 9.86. The van der Waals surface area contributed by atoms with Gasteiger partial charge in [0.15, 0.2) is 5.03 Å². The lowest BCUT2D eigenvalue weighted by Gasteiger charge is -2.31. The Balaban J connectivity index is 1.75. The van der Waals surface area contributed by atoms with Crippen molar-refractivity contribution in [3.63, 3.8) is 0 Å². The number of aryl methyl sites for hydroxylation is 1. The predicted molar refractivity (Wildman–Crippen MR) is 112 cm³/mol. The number of rotatable bonds is 3. The molecule has 5 rings (SSSR count). The van der Waals surface area contributed by atoms with E-state index in [-0.39, 0.29) is 0 Å². The van der Waals surface area contributed by atoms with Crippen LogP contribution >= 0.6 is 23.1 Å². The number of nitrogens with zero attached hydrogens (tertiary/aromatic N) is 3. The highest BCUT2D eigenvalue weighted by Crippen LogP contribution is 2.43. The Kier molecular flexibility index (Phi) is 4.70. The van der Waals surface area contributed by atoms with E-state index in [0.717, 1.165) is 49.5 Å². The van der Waals surface area contributed by atoms with Crippen LogP contribution in [0.1, 0.15) is 37.8 Å². The van der Waals surface area contributed by atoms with Crippen molar-refractivity contribution in [2.75, 3.05) is 31.2 Å². The molecule has 142 valence electrons. The van der Waals surface area contributed by atoms with Crippen LogP contribution < -0.4 is 9.88 Å². The molecular formula is C20H25N4OS2+. The van der Waals surface area contributed by atoms with Gasteiger partial charge in [-0.25, -0.2) is 9.97 Å². The number of thioether (sulfide) groups is 1. The SMILES string of the molecule is CC(C)Sc1[nH+]cnc2c1sc1nc(N3CCOCC3)c3c(c12)CCCC3. The first-order chi connectivity index (χ1) is 13.2. The highest BCUT2D eigenvalue weighted by molar-refractivity contribution is 8.00. The van der Waals surface area contributed by atoms with E-state index in [9.17, 15) is 0 Å². The molecule has 1 N–H and O–H groups in total. The summed E-state index contributed by atoms with van der Waals surface area (Å²) in [5.41, 5.74) is 4.09. The summed E-state index contributed by atoms with van der Waals surface area (Å²) in [6.07, 6.45) is 6.65. The number of aromatic nitrogens is 3. The lowest BCUT2D eigenvalue weighted by molar-refractivity contribution is -0.427. The van der Waals surface area contributed by atoms with Crippen LogP contribution in [0.25, 0.3) is 20.4 Å². The molecule has 1 aliphatic heterocycles. The lowest BCUT2D eigenvalue weighted by Crippen LogP contribution is -2.37. The number of H-pyrrole nitrogens is 1. The minimum Gasteiger partial charge on any atom is -0.378 e. The molecular weight excluding hydrogens is 376 g/mol. The van der Waals surface area contributed by atoms with E-state index in [1.54, 1.807) is 11.3 Å². The quantitative estimate of drug-likeness (QED) is 0.492. The maximum Gasteiger partial charge on any atom is 0.285 e. The van der Waals surface area contributed by atoms with Crippen molar-refractivity contribution in [2.24, 2.45) is 0 Å². The Hall–Kier alpha value is -1.44. The van der Waals surface area contributed by atoms with E-state index in [1.165, 1.54) is 44.9 Å². The molecule has 4 heterocycles. The summed E-state index contributed by atoms with van der Waals surface area (Å²) in [6, 6.07) is 0. The van der Waals surface area contributed by atoms with Gasteiger partial charge in [0, 0.05) is 18.3 Å². The van der Waals surface area contributed by atoms with Gasteiger partial charge in [0.2, 0.25) is 5.52 Å². The number of fused-ring (bicyclic) bond motifs is 5. The second-order valence-corrected chi connectivity index (χ2v) is 10.1. The largest absolute Gasteiger partial charge is 0.378 e. The molecule has 27 heavy (non-hydrogen) atoms. The number of pyridine rings is 1. The van der Waals surface area contributed by atoms with Crippen LogP contribution in [0.15, 0.2) is 11.4 Å². The highest BCUT2D eigenvalue weighted by atomic mass is 32.2. The number of hydrogen-bond acceptors (Lipinski definition) is 6. The number of thiophene rings is 1. The summed E-state index contributed by atoms with van der Waals surface area (Å²) in [4.78, 5) is 16.9. The monoisotopic (exact) mass is 401 g/mol. The molecule has 0 spiro atoms. The summed E-state index contributed by atoms with van der Waals surface area (Å²) < 4.78 is 6.82. The standard InChI is InChI=1S/C20H24N4OS2/c1-12(2)26-20-17-16(21-11-22-20)15-13-5-3-4-6-14(13)18(23-19(15)27-17)24-7-9-25-10-8-24/h11-12H,3-10H2,1-2H3/p+1. The molecule has 0 radical (unpaired) electrons. The Bertz CT molecular complexity index is 995. The zero-order chi connectivity index (χ0) is 18.4. The van der Waals surface area contributed by atoms with Gasteiger partial charge in [0.1, 0.15) is 15.3 Å². The normalized spacial score (nSPS) is 17.8. The first-order valence-corrected chi connectivity index (χ1v) is 11.6. The van der Waals surface area contributed by atoms with Gasteiger partial charge in [-0.3, -0.25) is 0 Å². The van der Waals surface area contributed by atoms with E-state index < -0.39 is 0 Å². The van der Waals surface area contributed by atoms with Crippen molar-refractivity contribution in [1.29, 1.82) is 0 Å². The molecule has 3 aromatic heterocycles. The summed E-state index contributed by atoms with van der Waals surface area (Å²) in [6.45, 7) is 7.94. The van der Waals surface area contributed by atoms with Crippen LogP contribution in [-0.4, -0.2) is 41.5 Å². The van der Waals surface area contributed by atoms with Crippen molar-refractivity contribution in [3.05, 3.63) is 17.5 Å². The van der Waals surface area contributed by atoms with Gasteiger partial charge in [-0.15, -0.1) is 11.3 Å². The fourth-order valence-electron chi connectivity index (χ4n) is 4.21. The number of ether oxygens (including phenoxy) is 1. The van der Waals surface area contributed by atoms with E-state index >= 15 is 0 Å². The summed E-state index contributed by atoms with van der Waals surface area (Å²) >= 11 is 3.67. The van der Waals surface area contributed by atoms with Crippen molar-refractivity contribution in [2.45, 2.75) is 49.8 Å². The summed E-state index contributed by atoms with van der Waals surface area (Å²) in [7, 11) is 0. The van der Waals surface area contributed by atoms with E-state index in [0.29, 0.717) is 5.25 Å². The summed E-state index contributed by atoms with van der Waals surface area (Å²) in [5, 5.41) is 3.06. The Morgan fingerprint density at radius 3 is 2.74 bits per heavy atom. The molecule has 1 fully saturated rings. The molecule has 1 saturated heterocycles. The van der Waals surface area contributed by atoms with E-state index in [2.05, 4.69) is 23.7 Å². The second kappa shape index (κ2) is 7.18. The molecule has 2 aliphatic rings. The molecule has 0 saturated carbocycles. The van der Waals surface area contributed by atoms with Gasteiger partial charge in [0.25, 0.3) is 6.33 Å². The third-order valence-corrected chi connectivity index (χ3v) is 7.62. The van der Waals surface area contributed by atoms with Crippen LogP contribution in [0.4, 0.5) is 5.82 Å². The molecule has 3 aromatic rings. The Morgan fingerprint density at radius 2 is 1.96 bits per heavy atom. The average Bonchev–Trinajstić information content (AvgIpc) is 3.07. The zero-order valence-electron chi connectivity index (χ0n) is 15.9. The number of aromatic amines is 1. The van der Waals surface area contributed by atoms with E-state index in [4.69, 9.17) is 14.7 Å². The van der Waals surface area contributed by atoms with Crippen LogP contribution in [0, 0.1) is 0 Å². The van der Waals surface area contributed by atoms with Crippen molar-refractivity contribution >= 4 is 49.3 Å². The molecule has 5 nitrogen and oxygen atoms in total. The maximum atomic E-state index is 5.57. The smallest absolute Gasteiger partial charge is 0.285 e. The third-order valence-electron chi connectivity index (χ3n) is 5.37. The fourth-order valence-corrected chi connectivity index (χ4v) is 6.33. The number of morpholine rings is 1. The van der Waals surface area contributed by atoms with Crippen molar-refractivity contribution in [1.82, 2.24) is 9.97 Å². The molecule has 0 unspecified atom stereocenters. The van der Waals surface area contributed by atoms with Crippen LogP contribution in [0.2, 0.25) is 0 Å². The second-order valence-electron chi connectivity index (χ2n) is 7.56. The molecule has 7 heteroatoms. The van der Waals surface area contributed by atoms with Gasteiger partial charge < -0.3 is 9.64 Å². The molecule has 1 aliphatic carbocycles. The topological polar surface area (TPSA) is 52.4 Å². The van der Waals surface area contributed by atoms with Crippen molar-refractivity contribution in [3.8, 4) is 0 Å². The zero-order valence-corrected chi connectivity index (χ0v) is 17.5. The van der Waals surface area contributed by atoms with Crippen molar-refractivity contribution < 1.29 is 9.72 Å². The fraction of sp³-hybridized carbons (Fsp3) is 0.550. The maximum absolute atomic E-state index is 5.57. The van der Waals surface area contributed by atoms with Gasteiger partial charge in [-0.05, 0) is 41.8 Å². The summed E-state index contributed by atoms with van der Waals surface area (Å²) in [5.74, 6) is 1.20. The Labute approximate surface area is 167 Å². The lowest BCUT2D eigenvalue weighted by atomic mass is 9.90. The third kappa shape index (κ3) is 3.09.